The van der Waals surface area contributed by atoms with Crippen LogP contribution < -0.4 is 10.9 Å². The molecule has 1 unspecified atom stereocenters. The fourth-order valence-corrected chi connectivity index (χ4v) is 4.96. The molecule has 156 valence electrons. The van der Waals surface area contributed by atoms with Crippen LogP contribution in [0.25, 0.3) is 16.0 Å². The lowest BCUT2D eigenvalue weighted by Gasteiger charge is -2.15. The molecule has 0 aliphatic rings. The number of carbonyl (C=O) groups excluding carboxylic acids is 1. The smallest absolute Gasteiger partial charge is 0.272 e. The molecule has 3 heterocycles. The fraction of sp³-hybridized carbons (Fsp3) is 0.333. The van der Waals surface area contributed by atoms with E-state index in [1.807, 2.05) is 41.0 Å². The maximum Gasteiger partial charge on any atom is 0.272 e. The summed E-state index contributed by atoms with van der Waals surface area (Å²) >= 11 is 2.74. The number of carbonyl (C=O) groups is 1. The zero-order valence-corrected chi connectivity index (χ0v) is 18.5. The van der Waals surface area contributed by atoms with Gasteiger partial charge in [-0.1, -0.05) is 55.9 Å². The Balaban J connectivity index is 1.72. The number of amides is 1. The van der Waals surface area contributed by atoms with Gasteiger partial charge >= 0.3 is 0 Å². The molecular weight excluding hydrogens is 418 g/mol. The molecule has 0 aliphatic carbocycles. The van der Waals surface area contributed by atoms with Crippen molar-refractivity contribution in [1.82, 2.24) is 24.5 Å². The minimum atomic E-state index is -0.0556. The first kappa shape index (κ1) is 20.6. The number of nitrogens with zero attached hydrogens (tertiary/aromatic N) is 4. The average Bonchev–Trinajstić information content (AvgIpc) is 3.41. The minimum Gasteiger partial charge on any atom is -0.355 e. The largest absolute Gasteiger partial charge is 0.355 e. The molecule has 4 aromatic rings. The molecule has 1 atom stereocenters. The summed E-state index contributed by atoms with van der Waals surface area (Å²) in [6, 6.07) is 12.0. The molecular formula is C21H23N5O2S2. The van der Waals surface area contributed by atoms with E-state index in [-0.39, 0.29) is 23.1 Å². The summed E-state index contributed by atoms with van der Waals surface area (Å²) in [6.07, 6.45) is 0.895. The first-order valence-corrected chi connectivity index (χ1v) is 11.8. The van der Waals surface area contributed by atoms with Crippen molar-refractivity contribution in [3.63, 3.8) is 0 Å². The number of thioether (sulfide) groups is 1. The molecule has 0 fully saturated rings. The van der Waals surface area contributed by atoms with E-state index >= 15 is 0 Å². The molecule has 0 spiro atoms. The van der Waals surface area contributed by atoms with E-state index < -0.39 is 0 Å². The molecule has 0 radical (unpaired) electrons. The summed E-state index contributed by atoms with van der Waals surface area (Å²) < 4.78 is 4.26. The Bertz CT molecular complexity index is 1230. The number of rotatable bonds is 8. The van der Waals surface area contributed by atoms with Crippen LogP contribution in [0.15, 0.2) is 51.7 Å². The van der Waals surface area contributed by atoms with E-state index in [4.69, 9.17) is 0 Å². The highest BCUT2D eigenvalue weighted by molar-refractivity contribution is 7.99. The Labute approximate surface area is 182 Å². The van der Waals surface area contributed by atoms with Crippen molar-refractivity contribution in [1.29, 1.82) is 0 Å². The lowest BCUT2D eigenvalue weighted by atomic mass is 10.0. The summed E-state index contributed by atoms with van der Waals surface area (Å²) in [6.45, 7) is 5.27. The van der Waals surface area contributed by atoms with Gasteiger partial charge in [-0.25, -0.2) is 0 Å². The molecule has 0 saturated carbocycles. The molecule has 0 saturated heterocycles. The van der Waals surface area contributed by atoms with E-state index in [9.17, 15) is 9.59 Å². The summed E-state index contributed by atoms with van der Waals surface area (Å²) in [4.78, 5) is 25.2. The van der Waals surface area contributed by atoms with Gasteiger partial charge in [-0.3, -0.25) is 18.6 Å². The van der Waals surface area contributed by atoms with E-state index in [0.29, 0.717) is 28.7 Å². The number of hydrogen-bond donors (Lipinski definition) is 1. The third-order valence-electron chi connectivity index (χ3n) is 4.91. The van der Waals surface area contributed by atoms with Crippen molar-refractivity contribution in [2.45, 2.75) is 37.9 Å². The van der Waals surface area contributed by atoms with Crippen molar-refractivity contribution in [2.75, 3.05) is 12.3 Å². The number of thiophene rings is 1. The number of fused-ring (bicyclic) bond motifs is 3. The predicted molar refractivity (Wildman–Crippen MR) is 122 cm³/mol. The monoisotopic (exact) mass is 441 g/mol. The maximum atomic E-state index is 13.2. The molecule has 3 aromatic heterocycles. The van der Waals surface area contributed by atoms with Crippen LogP contribution in [0, 0.1) is 0 Å². The van der Waals surface area contributed by atoms with E-state index in [1.54, 1.807) is 4.57 Å². The molecule has 4 rings (SSSR count). The predicted octanol–water partition coefficient (Wildman–Crippen LogP) is 3.53. The third-order valence-corrected chi connectivity index (χ3v) is 6.73. The van der Waals surface area contributed by atoms with Crippen LogP contribution in [-0.2, 0) is 11.3 Å². The lowest BCUT2D eigenvalue weighted by molar-refractivity contribution is -0.118. The SMILES string of the molecule is CCCNC(=O)CSc1nnc2n(CC(C)c3ccccc3)c(=O)c3sccc3n12. The number of benzene rings is 1. The molecule has 1 N–H and O–H groups in total. The second-order valence-electron chi connectivity index (χ2n) is 7.12. The molecule has 1 aromatic carbocycles. The second-order valence-corrected chi connectivity index (χ2v) is 8.98. The third kappa shape index (κ3) is 3.99. The Morgan fingerprint density at radius 2 is 2.03 bits per heavy atom. The van der Waals surface area contributed by atoms with Gasteiger partial charge in [0.15, 0.2) is 5.16 Å². The summed E-state index contributed by atoms with van der Waals surface area (Å²) in [5, 5.41) is 14.0. The second kappa shape index (κ2) is 9.01. The lowest BCUT2D eigenvalue weighted by Crippen LogP contribution is -2.26. The fourth-order valence-electron chi connectivity index (χ4n) is 3.36. The van der Waals surface area contributed by atoms with E-state index in [2.05, 4.69) is 34.6 Å². The van der Waals surface area contributed by atoms with Crippen LogP contribution in [0.2, 0.25) is 0 Å². The van der Waals surface area contributed by atoms with E-state index in [1.165, 1.54) is 23.1 Å². The van der Waals surface area contributed by atoms with Crippen LogP contribution in [0.5, 0.6) is 0 Å². The molecule has 1 amide bonds. The highest BCUT2D eigenvalue weighted by Gasteiger charge is 2.20. The van der Waals surface area contributed by atoms with Crippen LogP contribution in [0.1, 0.15) is 31.7 Å². The van der Waals surface area contributed by atoms with Crippen LogP contribution in [0.3, 0.4) is 0 Å². The van der Waals surface area contributed by atoms with Gasteiger partial charge in [0.25, 0.3) is 5.56 Å². The summed E-state index contributed by atoms with van der Waals surface area (Å²) in [5.41, 5.74) is 1.89. The zero-order chi connectivity index (χ0) is 21.1. The van der Waals surface area contributed by atoms with Crippen molar-refractivity contribution in [2.24, 2.45) is 0 Å². The van der Waals surface area contributed by atoms with Gasteiger partial charge in [-0.15, -0.1) is 21.5 Å². The van der Waals surface area contributed by atoms with Crippen molar-refractivity contribution >= 4 is 45.0 Å². The van der Waals surface area contributed by atoms with Crippen molar-refractivity contribution < 1.29 is 4.79 Å². The van der Waals surface area contributed by atoms with Gasteiger partial charge in [0.2, 0.25) is 11.7 Å². The van der Waals surface area contributed by atoms with Gasteiger partial charge in [-0.2, -0.15) is 0 Å². The van der Waals surface area contributed by atoms with Crippen LogP contribution in [-0.4, -0.2) is 37.4 Å². The van der Waals surface area contributed by atoms with Gasteiger partial charge in [0.05, 0.1) is 11.3 Å². The highest BCUT2D eigenvalue weighted by atomic mass is 32.2. The first-order valence-electron chi connectivity index (χ1n) is 9.89. The Hall–Kier alpha value is -2.65. The molecule has 0 aliphatic heterocycles. The Morgan fingerprint density at radius 3 is 2.80 bits per heavy atom. The molecule has 9 heteroatoms. The maximum absolute atomic E-state index is 13.2. The van der Waals surface area contributed by atoms with Crippen LogP contribution in [0.4, 0.5) is 0 Å². The molecule has 7 nitrogen and oxygen atoms in total. The normalized spacial score (nSPS) is 12.5. The van der Waals surface area contributed by atoms with Gasteiger partial charge in [0.1, 0.15) is 4.70 Å². The van der Waals surface area contributed by atoms with Crippen molar-refractivity contribution in [3.8, 4) is 0 Å². The summed E-state index contributed by atoms with van der Waals surface area (Å²) in [7, 11) is 0. The number of aromatic nitrogens is 4. The topological polar surface area (TPSA) is 81.3 Å². The Morgan fingerprint density at radius 1 is 1.23 bits per heavy atom. The zero-order valence-electron chi connectivity index (χ0n) is 16.9. The van der Waals surface area contributed by atoms with Crippen molar-refractivity contribution in [3.05, 3.63) is 57.7 Å². The number of nitrogens with one attached hydrogen (secondary N) is 1. The standard InChI is InChI=1S/C21H23N5O2S2/c1-3-10-22-17(27)13-30-21-24-23-20-25(12-14(2)15-7-5-4-6-8-15)19(28)18-16(26(20)21)9-11-29-18/h4-9,11,14H,3,10,12-13H2,1-2H3,(H,22,27). The summed E-state index contributed by atoms with van der Waals surface area (Å²) in [5.74, 6) is 0.862. The van der Waals surface area contributed by atoms with Gasteiger partial charge in [-0.05, 0) is 29.3 Å². The quantitative estimate of drug-likeness (QED) is 0.423. The van der Waals surface area contributed by atoms with Crippen LogP contribution >= 0.6 is 23.1 Å². The first-order chi connectivity index (χ1) is 14.6. The average molecular weight is 442 g/mol. The number of hydrogen-bond acceptors (Lipinski definition) is 6. The molecule has 30 heavy (non-hydrogen) atoms. The Kier molecular flexibility index (Phi) is 6.19. The van der Waals surface area contributed by atoms with E-state index in [0.717, 1.165) is 17.5 Å². The highest BCUT2D eigenvalue weighted by Crippen LogP contribution is 2.25. The minimum absolute atomic E-state index is 0.0359. The van der Waals surface area contributed by atoms with Gasteiger partial charge in [0, 0.05) is 13.1 Å². The molecule has 0 bridgehead atoms. The van der Waals surface area contributed by atoms with Gasteiger partial charge < -0.3 is 5.32 Å².